The Balaban J connectivity index is -0.000000366. The zero-order chi connectivity index (χ0) is 20.8. The van der Waals surface area contributed by atoms with Crippen LogP contribution in [-0.4, -0.2) is 44.1 Å². The van der Waals surface area contributed by atoms with Gasteiger partial charge in [-0.05, 0) is 64.6 Å². The molecule has 26 heavy (non-hydrogen) atoms. The summed E-state index contributed by atoms with van der Waals surface area (Å²) < 4.78 is 0. The van der Waals surface area contributed by atoms with Crippen molar-refractivity contribution in [2.45, 2.75) is 53.9 Å². The summed E-state index contributed by atoms with van der Waals surface area (Å²) in [7, 11) is 6.12. The van der Waals surface area contributed by atoms with Gasteiger partial charge in [-0.25, -0.2) is 0 Å². The van der Waals surface area contributed by atoms with Crippen molar-refractivity contribution >= 4 is 0 Å². The van der Waals surface area contributed by atoms with Gasteiger partial charge in [-0.1, -0.05) is 71.9 Å². The van der Waals surface area contributed by atoms with Crippen molar-refractivity contribution in [1.29, 1.82) is 0 Å². The predicted molar refractivity (Wildman–Crippen MR) is 121 cm³/mol. The van der Waals surface area contributed by atoms with Crippen LogP contribution in [0, 0.1) is 5.92 Å². The summed E-state index contributed by atoms with van der Waals surface area (Å²) >= 11 is 0. The highest BCUT2D eigenvalue weighted by atomic mass is 15.0. The Labute approximate surface area is 164 Å². The summed E-state index contributed by atoms with van der Waals surface area (Å²) in [5.41, 5.74) is 1.34. The van der Waals surface area contributed by atoms with Crippen molar-refractivity contribution in [1.82, 2.24) is 15.2 Å². The lowest BCUT2D eigenvalue weighted by atomic mass is 9.86. The number of pyridine rings is 1. The molecule has 1 aromatic heterocycles. The molecule has 2 unspecified atom stereocenters. The van der Waals surface area contributed by atoms with E-state index in [0.29, 0.717) is 11.8 Å². The maximum atomic E-state index is 4.16. The highest BCUT2D eigenvalue weighted by Crippen LogP contribution is 2.25. The molecule has 0 bridgehead atoms. The van der Waals surface area contributed by atoms with E-state index in [4.69, 9.17) is 0 Å². The van der Waals surface area contributed by atoms with E-state index in [9.17, 15) is 0 Å². The zero-order valence-corrected chi connectivity index (χ0v) is 18.9. The van der Waals surface area contributed by atoms with Gasteiger partial charge in [0.1, 0.15) is 0 Å². The molecule has 1 N–H and O–H groups in total. The number of aromatic nitrogens is 1. The second-order valence-electron chi connectivity index (χ2n) is 5.96. The van der Waals surface area contributed by atoms with Crippen LogP contribution in [0.3, 0.4) is 0 Å². The van der Waals surface area contributed by atoms with Crippen molar-refractivity contribution in [3.63, 3.8) is 0 Å². The quantitative estimate of drug-likeness (QED) is 0.623. The van der Waals surface area contributed by atoms with Gasteiger partial charge in [0.2, 0.25) is 0 Å². The molecular formula is C23H45N3. The molecule has 152 valence electrons. The standard InChI is InChI=1S/C12H20N2.C5H8.C4H11N.C2H6/c1-4-11(8-13-3)10(2)12-6-5-7-14-9-12;1-3-5-4-2;1-4-5(2)3;1-2/h5-7,9-11,13H,4,8H2,1-3H3;3-5H,1H2,2H3;4H2,1-3H3;1-2H3/b;5-4-;;. The normalized spacial score (nSPS) is 11.9. The predicted octanol–water partition coefficient (Wildman–Crippen LogP) is 5.77. The average molecular weight is 364 g/mol. The van der Waals surface area contributed by atoms with Gasteiger partial charge in [-0.2, -0.15) is 0 Å². The molecule has 0 saturated heterocycles. The Kier molecular flexibility index (Phi) is 26.6. The van der Waals surface area contributed by atoms with Crippen LogP contribution >= 0.6 is 0 Å². The van der Waals surface area contributed by atoms with Gasteiger partial charge in [-0.3, -0.25) is 4.98 Å². The molecular weight excluding hydrogens is 318 g/mol. The summed E-state index contributed by atoms with van der Waals surface area (Å²) in [4.78, 5) is 6.29. The van der Waals surface area contributed by atoms with Gasteiger partial charge in [0.05, 0.1) is 0 Å². The summed E-state index contributed by atoms with van der Waals surface area (Å²) in [6.07, 6.45) is 10.6. The first-order valence-electron chi connectivity index (χ1n) is 9.91. The molecule has 2 atom stereocenters. The Morgan fingerprint density at radius 1 is 1.27 bits per heavy atom. The van der Waals surface area contributed by atoms with Crippen LogP contribution in [0.2, 0.25) is 0 Å². The molecule has 0 aromatic carbocycles. The van der Waals surface area contributed by atoms with Crippen LogP contribution in [0.1, 0.15) is 59.4 Å². The first kappa shape index (κ1) is 29.3. The molecule has 0 amide bonds. The van der Waals surface area contributed by atoms with Crippen LogP contribution in [-0.2, 0) is 0 Å². The van der Waals surface area contributed by atoms with E-state index in [1.54, 1.807) is 6.08 Å². The lowest BCUT2D eigenvalue weighted by Gasteiger charge is -2.22. The SMILES string of the molecule is C=C/C=C\C.CC.CCC(CNC)C(C)c1cccnc1.CCN(C)C. The van der Waals surface area contributed by atoms with E-state index in [1.165, 1.54) is 12.0 Å². The number of allylic oxidation sites excluding steroid dienone is 3. The maximum Gasteiger partial charge on any atom is 0.0302 e. The monoisotopic (exact) mass is 363 g/mol. The Morgan fingerprint density at radius 2 is 1.85 bits per heavy atom. The molecule has 0 spiro atoms. The van der Waals surface area contributed by atoms with Crippen LogP contribution in [0.4, 0.5) is 0 Å². The largest absolute Gasteiger partial charge is 0.319 e. The topological polar surface area (TPSA) is 28.2 Å². The van der Waals surface area contributed by atoms with Crippen LogP contribution in [0.15, 0.2) is 49.3 Å². The Morgan fingerprint density at radius 3 is 2.12 bits per heavy atom. The number of nitrogens with zero attached hydrogens (tertiary/aromatic N) is 2. The van der Waals surface area contributed by atoms with Gasteiger partial charge in [0, 0.05) is 12.4 Å². The van der Waals surface area contributed by atoms with Gasteiger partial charge in [0.15, 0.2) is 0 Å². The van der Waals surface area contributed by atoms with Crippen molar-refractivity contribution in [3.05, 3.63) is 54.9 Å². The second-order valence-corrected chi connectivity index (χ2v) is 5.96. The minimum Gasteiger partial charge on any atom is -0.319 e. The molecule has 0 aliphatic carbocycles. The first-order chi connectivity index (χ1) is 12.5. The lowest BCUT2D eigenvalue weighted by Crippen LogP contribution is -2.22. The third-order valence-corrected chi connectivity index (χ3v) is 3.87. The fraction of sp³-hybridized carbons (Fsp3) is 0.609. The van der Waals surface area contributed by atoms with Gasteiger partial charge < -0.3 is 10.2 Å². The van der Waals surface area contributed by atoms with E-state index in [-0.39, 0.29) is 0 Å². The van der Waals surface area contributed by atoms with Crippen molar-refractivity contribution in [2.24, 2.45) is 5.92 Å². The maximum absolute atomic E-state index is 4.16. The third-order valence-electron chi connectivity index (χ3n) is 3.87. The second kappa shape index (κ2) is 23.5. The molecule has 0 aliphatic heterocycles. The van der Waals surface area contributed by atoms with E-state index < -0.39 is 0 Å². The van der Waals surface area contributed by atoms with Crippen LogP contribution in [0.25, 0.3) is 0 Å². The highest BCUT2D eigenvalue weighted by molar-refractivity contribution is 5.14. The van der Waals surface area contributed by atoms with Crippen LogP contribution < -0.4 is 5.32 Å². The summed E-state index contributed by atoms with van der Waals surface area (Å²) in [6, 6.07) is 4.17. The molecule has 3 heteroatoms. The van der Waals surface area contributed by atoms with Gasteiger partial charge >= 0.3 is 0 Å². The molecule has 0 fully saturated rings. The fourth-order valence-electron chi connectivity index (χ4n) is 1.99. The molecule has 1 heterocycles. The summed E-state index contributed by atoms with van der Waals surface area (Å²) in [5, 5.41) is 3.25. The highest BCUT2D eigenvalue weighted by Gasteiger charge is 2.16. The first-order valence-corrected chi connectivity index (χ1v) is 9.91. The van der Waals surface area contributed by atoms with Gasteiger partial charge in [0.25, 0.3) is 0 Å². The van der Waals surface area contributed by atoms with E-state index >= 15 is 0 Å². The Bertz CT molecular complexity index is 399. The lowest BCUT2D eigenvalue weighted by molar-refractivity contribution is 0.415. The summed E-state index contributed by atoms with van der Waals surface area (Å²) in [6.45, 7) is 18.3. The average Bonchev–Trinajstić information content (AvgIpc) is 2.69. The van der Waals surface area contributed by atoms with E-state index in [0.717, 1.165) is 13.1 Å². The molecule has 1 rings (SSSR count). The number of hydrogen-bond donors (Lipinski definition) is 1. The number of rotatable bonds is 7. The third kappa shape index (κ3) is 18.9. The number of hydrogen-bond acceptors (Lipinski definition) is 3. The molecule has 0 aliphatic rings. The minimum absolute atomic E-state index is 0.584. The molecule has 3 nitrogen and oxygen atoms in total. The zero-order valence-electron chi connectivity index (χ0n) is 18.9. The molecule has 1 aromatic rings. The number of nitrogens with one attached hydrogen (secondary N) is 1. The van der Waals surface area contributed by atoms with E-state index in [1.807, 2.05) is 58.4 Å². The van der Waals surface area contributed by atoms with Crippen molar-refractivity contribution < 1.29 is 0 Å². The van der Waals surface area contributed by atoms with Crippen LogP contribution in [0.5, 0.6) is 0 Å². The molecule has 0 saturated carbocycles. The fourth-order valence-corrected chi connectivity index (χ4v) is 1.99. The summed E-state index contributed by atoms with van der Waals surface area (Å²) in [5.74, 6) is 1.28. The Hall–Kier alpha value is -1.45. The van der Waals surface area contributed by atoms with Gasteiger partial charge in [-0.15, -0.1) is 0 Å². The van der Waals surface area contributed by atoms with E-state index in [2.05, 4.69) is 62.7 Å². The van der Waals surface area contributed by atoms with Crippen molar-refractivity contribution in [2.75, 3.05) is 34.2 Å². The molecule has 0 radical (unpaired) electrons. The van der Waals surface area contributed by atoms with Crippen molar-refractivity contribution in [3.8, 4) is 0 Å². The minimum atomic E-state index is 0.584. The smallest absolute Gasteiger partial charge is 0.0302 e.